The molecule has 0 aromatic heterocycles. The lowest BCUT2D eigenvalue weighted by molar-refractivity contribution is -0.137. The van der Waals surface area contributed by atoms with Crippen LogP contribution in [0.4, 0.5) is 18.9 Å². The summed E-state index contributed by atoms with van der Waals surface area (Å²) in [5.41, 5.74) is 3.63. The Bertz CT molecular complexity index is 475. The van der Waals surface area contributed by atoms with Crippen LogP contribution in [-0.4, -0.2) is 0 Å². The van der Waals surface area contributed by atoms with Crippen LogP contribution in [0.5, 0.6) is 0 Å². The maximum atomic E-state index is 12.4. The van der Waals surface area contributed by atoms with Crippen molar-refractivity contribution in [2.75, 3.05) is 5.73 Å². The standard InChI is InChI=1S/C10H5F3N2/c1-2-6-3-7(5-14)8(4-9(6)15)10(11,12)13/h1,3-4H,15H2. The van der Waals surface area contributed by atoms with E-state index in [9.17, 15) is 13.2 Å². The van der Waals surface area contributed by atoms with Crippen LogP contribution in [-0.2, 0) is 6.18 Å². The second kappa shape index (κ2) is 3.55. The molecule has 0 saturated carbocycles. The summed E-state index contributed by atoms with van der Waals surface area (Å²) in [6.07, 6.45) is 0.408. The molecular weight excluding hydrogens is 205 g/mol. The number of benzene rings is 1. The number of nitrogens with two attached hydrogens (primary N) is 1. The average molecular weight is 210 g/mol. The van der Waals surface area contributed by atoms with E-state index < -0.39 is 17.3 Å². The molecule has 0 radical (unpaired) electrons. The number of anilines is 1. The normalized spacial score (nSPS) is 10.5. The van der Waals surface area contributed by atoms with Gasteiger partial charge in [-0.25, -0.2) is 0 Å². The molecule has 0 aliphatic carbocycles. The molecule has 2 N–H and O–H groups in total. The third-order valence-corrected chi connectivity index (χ3v) is 1.77. The SMILES string of the molecule is C#Cc1cc(C#N)c(C(F)(F)F)cc1N. The van der Waals surface area contributed by atoms with Gasteiger partial charge in [-0.15, -0.1) is 6.42 Å². The zero-order valence-electron chi connectivity index (χ0n) is 7.39. The monoisotopic (exact) mass is 210 g/mol. The first-order chi connectivity index (χ1) is 6.90. The van der Waals surface area contributed by atoms with E-state index in [0.29, 0.717) is 6.07 Å². The number of nitrogens with zero attached hydrogens (tertiary/aromatic N) is 1. The largest absolute Gasteiger partial charge is 0.417 e. The highest BCUT2D eigenvalue weighted by Gasteiger charge is 2.34. The average Bonchev–Trinajstić information content (AvgIpc) is 2.16. The molecule has 1 aromatic rings. The van der Waals surface area contributed by atoms with Gasteiger partial charge < -0.3 is 5.73 Å². The van der Waals surface area contributed by atoms with Crippen molar-refractivity contribution in [1.82, 2.24) is 0 Å². The predicted molar refractivity (Wildman–Crippen MR) is 48.5 cm³/mol. The van der Waals surface area contributed by atoms with Crippen LogP contribution >= 0.6 is 0 Å². The summed E-state index contributed by atoms with van der Waals surface area (Å²) >= 11 is 0. The van der Waals surface area contributed by atoms with Crippen LogP contribution in [0.3, 0.4) is 0 Å². The summed E-state index contributed by atoms with van der Waals surface area (Å²) in [5, 5.41) is 8.53. The number of hydrogen-bond acceptors (Lipinski definition) is 2. The fraction of sp³-hybridized carbons (Fsp3) is 0.100. The van der Waals surface area contributed by atoms with Gasteiger partial charge in [0.1, 0.15) is 0 Å². The van der Waals surface area contributed by atoms with Gasteiger partial charge in [-0.05, 0) is 12.1 Å². The molecule has 0 aliphatic rings. The summed E-state index contributed by atoms with van der Waals surface area (Å²) in [7, 11) is 0. The Labute approximate surface area is 84.1 Å². The molecule has 0 fully saturated rings. The number of alkyl halides is 3. The summed E-state index contributed by atoms with van der Waals surface area (Å²) in [4.78, 5) is 0. The van der Waals surface area contributed by atoms with Crippen molar-refractivity contribution in [3.8, 4) is 18.4 Å². The van der Waals surface area contributed by atoms with Crippen molar-refractivity contribution in [1.29, 1.82) is 5.26 Å². The lowest BCUT2D eigenvalue weighted by Gasteiger charge is -2.10. The van der Waals surface area contributed by atoms with E-state index in [1.165, 1.54) is 6.07 Å². The highest BCUT2D eigenvalue weighted by Crippen LogP contribution is 2.34. The highest BCUT2D eigenvalue weighted by molar-refractivity contribution is 5.61. The quantitative estimate of drug-likeness (QED) is 0.526. The third kappa shape index (κ3) is 2.03. The lowest BCUT2D eigenvalue weighted by atomic mass is 10.0. The van der Waals surface area contributed by atoms with E-state index in [1.54, 1.807) is 0 Å². The van der Waals surface area contributed by atoms with Crippen LogP contribution in [0.1, 0.15) is 16.7 Å². The van der Waals surface area contributed by atoms with Crippen LogP contribution < -0.4 is 5.73 Å². The Balaban J connectivity index is 3.52. The Morgan fingerprint density at radius 1 is 1.27 bits per heavy atom. The molecule has 1 rings (SSSR count). The molecule has 76 valence electrons. The van der Waals surface area contributed by atoms with Crippen molar-refractivity contribution in [3.05, 3.63) is 28.8 Å². The fourth-order valence-electron chi connectivity index (χ4n) is 1.07. The van der Waals surface area contributed by atoms with Crippen LogP contribution in [0, 0.1) is 23.7 Å². The maximum absolute atomic E-state index is 12.4. The lowest BCUT2D eigenvalue weighted by Crippen LogP contribution is -2.09. The number of hydrogen-bond donors (Lipinski definition) is 1. The zero-order valence-corrected chi connectivity index (χ0v) is 7.39. The Hall–Kier alpha value is -2.14. The first-order valence-electron chi connectivity index (χ1n) is 3.77. The minimum absolute atomic E-state index is 0.0829. The van der Waals surface area contributed by atoms with Gasteiger partial charge >= 0.3 is 6.18 Å². The fourth-order valence-corrected chi connectivity index (χ4v) is 1.07. The molecule has 0 atom stereocenters. The summed E-state index contributed by atoms with van der Waals surface area (Å²) in [6.45, 7) is 0. The van der Waals surface area contributed by atoms with Gasteiger partial charge in [0, 0.05) is 11.3 Å². The van der Waals surface area contributed by atoms with Crippen LogP contribution in [0.25, 0.3) is 0 Å². The Morgan fingerprint density at radius 3 is 2.27 bits per heavy atom. The van der Waals surface area contributed by atoms with E-state index in [0.717, 1.165) is 6.07 Å². The smallest absolute Gasteiger partial charge is 0.398 e. The van der Waals surface area contributed by atoms with Crippen molar-refractivity contribution >= 4 is 5.69 Å². The van der Waals surface area contributed by atoms with Crippen molar-refractivity contribution in [2.45, 2.75) is 6.18 Å². The Kier molecular flexibility index (Phi) is 2.59. The van der Waals surface area contributed by atoms with Gasteiger partial charge in [0.2, 0.25) is 0 Å². The first-order valence-corrected chi connectivity index (χ1v) is 3.77. The van der Waals surface area contributed by atoms with E-state index in [-0.39, 0.29) is 11.3 Å². The summed E-state index contributed by atoms with van der Waals surface area (Å²) < 4.78 is 37.2. The van der Waals surface area contributed by atoms with Gasteiger partial charge in [0.25, 0.3) is 0 Å². The molecular formula is C10H5F3N2. The molecule has 0 aliphatic heterocycles. The van der Waals surface area contributed by atoms with Crippen molar-refractivity contribution in [3.63, 3.8) is 0 Å². The molecule has 0 amide bonds. The molecule has 0 heterocycles. The number of halogens is 3. The minimum atomic E-state index is -4.60. The predicted octanol–water partition coefficient (Wildman–Crippen LogP) is 2.14. The van der Waals surface area contributed by atoms with Gasteiger partial charge in [0.05, 0.1) is 17.2 Å². The highest BCUT2D eigenvalue weighted by atomic mass is 19.4. The first kappa shape index (κ1) is 10.9. The van der Waals surface area contributed by atoms with Crippen molar-refractivity contribution < 1.29 is 13.2 Å². The summed E-state index contributed by atoms with van der Waals surface area (Å²) in [6, 6.07) is 3.06. The second-order valence-electron chi connectivity index (χ2n) is 2.74. The molecule has 1 aromatic carbocycles. The van der Waals surface area contributed by atoms with E-state index in [4.69, 9.17) is 17.4 Å². The van der Waals surface area contributed by atoms with Gasteiger partial charge in [0.15, 0.2) is 0 Å². The van der Waals surface area contributed by atoms with Crippen molar-refractivity contribution in [2.24, 2.45) is 0 Å². The topological polar surface area (TPSA) is 49.8 Å². The molecule has 0 unspecified atom stereocenters. The van der Waals surface area contributed by atoms with Crippen LogP contribution in [0.15, 0.2) is 12.1 Å². The molecule has 0 bridgehead atoms. The van der Waals surface area contributed by atoms with E-state index >= 15 is 0 Å². The zero-order chi connectivity index (χ0) is 11.6. The van der Waals surface area contributed by atoms with Gasteiger partial charge in [-0.2, -0.15) is 18.4 Å². The second-order valence-corrected chi connectivity index (χ2v) is 2.74. The molecule has 2 nitrogen and oxygen atoms in total. The number of rotatable bonds is 0. The number of nitrogen functional groups attached to an aromatic ring is 1. The number of terminal acetylenes is 1. The molecule has 15 heavy (non-hydrogen) atoms. The van der Waals surface area contributed by atoms with E-state index in [2.05, 4.69) is 5.92 Å². The molecule has 0 saturated heterocycles. The Morgan fingerprint density at radius 2 is 1.87 bits per heavy atom. The van der Waals surface area contributed by atoms with Gasteiger partial charge in [-0.1, -0.05) is 5.92 Å². The van der Waals surface area contributed by atoms with Crippen LogP contribution in [0.2, 0.25) is 0 Å². The van der Waals surface area contributed by atoms with E-state index in [1.807, 2.05) is 0 Å². The molecule has 0 spiro atoms. The maximum Gasteiger partial charge on any atom is 0.417 e. The minimum Gasteiger partial charge on any atom is -0.398 e. The third-order valence-electron chi connectivity index (χ3n) is 1.77. The summed E-state index contributed by atoms with van der Waals surface area (Å²) in [5.74, 6) is 2.11. The van der Waals surface area contributed by atoms with Gasteiger partial charge in [-0.3, -0.25) is 0 Å². The number of nitriles is 1. The molecule has 5 heteroatoms.